The first-order chi connectivity index (χ1) is 14.8. The van der Waals surface area contributed by atoms with Crippen molar-refractivity contribution in [2.45, 2.75) is 31.8 Å². The lowest BCUT2D eigenvalue weighted by Gasteiger charge is -2.12. The highest BCUT2D eigenvalue weighted by molar-refractivity contribution is 7.22. The molecule has 0 spiro atoms. The highest BCUT2D eigenvalue weighted by atomic mass is 32.1. The molecular weight excluding hydrogens is 390 g/mol. The number of rotatable bonds is 6. The molecule has 0 amide bonds. The van der Waals surface area contributed by atoms with E-state index in [1.165, 1.54) is 29.5 Å². The Bertz CT molecular complexity index is 1180. The van der Waals surface area contributed by atoms with E-state index in [1.54, 1.807) is 23.7 Å². The SMILES string of the molecule is c1ccc(-c2cncc(NCc3ccc4nc(NC5CC6CC6C5)sc4c3)n2)cc1. The van der Waals surface area contributed by atoms with Crippen LogP contribution in [0.5, 0.6) is 0 Å². The molecule has 2 N–H and O–H groups in total. The van der Waals surface area contributed by atoms with E-state index in [2.05, 4.69) is 33.8 Å². The lowest BCUT2D eigenvalue weighted by molar-refractivity contribution is 0.651. The number of fused-ring (bicyclic) bond motifs is 2. The third-order valence-corrected chi connectivity index (χ3v) is 7.15. The fraction of sp³-hybridized carbons (Fsp3) is 0.292. The zero-order valence-corrected chi connectivity index (χ0v) is 17.4. The smallest absolute Gasteiger partial charge is 0.184 e. The van der Waals surface area contributed by atoms with Crippen LogP contribution in [0, 0.1) is 11.8 Å². The monoisotopic (exact) mass is 413 g/mol. The maximum absolute atomic E-state index is 4.79. The topological polar surface area (TPSA) is 62.7 Å². The summed E-state index contributed by atoms with van der Waals surface area (Å²) < 4.78 is 1.23. The van der Waals surface area contributed by atoms with E-state index < -0.39 is 0 Å². The molecule has 2 saturated carbocycles. The number of nitrogens with one attached hydrogen (secondary N) is 2. The highest BCUT2D eigenvalue weighted by Gasteiger charge is 2.45. The molecule has 0 saturated heterocycles. The average Bonchev–Trinajstić information content (AvgIpc) is 3.20. The van der Waals surface area contributed by atoms with Crippen molar-refractivity contribution < 1.29 is 0 Å². The molecule has 6 heteroatoms. The summed E-state index contributed by atoms with van der Waals surface area (Å²) >= 11 is 1.76. The van der Waals surface area contributed by atoms with Crippen molar-refractivity contribution in [1.29, 1.82) is 0 Å². The van der Waals surface area contributed by atoms with Gasteiger partial charge < -0.3 is 10.6 Å². The zero-order valence-electron chi connectivity index (χ0n) is 16.6. The van der Waals surface area contributed by atoms with Crippen molar-refractivity contribution in [2.75, 3.05) is 10.6 Å². The Kier molecular flexibility index (Phi) is 4.38. The predicted octanol–water partition coefficient (Wildman–Crippen LogP) is 5.58. The first-order valence-electron chi connectivity index (χ1n) is 10.6. The number of benzene rings is 2. The van der Waals surface area contributed by atoms with Gasteiger partial charge in [0.05, 0.1) is 28.3 Å². The largest absolute Gasteiger partial charge is 0.365 e. The molecule has 4 aromatic rings. The molecule has 2 heterocycles. The molecule has 2 fully saturated rings. The second-order valence-electron chi connectivity index (χ2n) is 8.40. The molecule has 2 aromatic carbocycles. The van der Waals surface area contributed by atoms with Gasteiger partial charge in [-0.2, -0.15) is 0 Å². The van der Waals surface area contributed by atoms with Crippen LogP contribution in [0.3, 0.4) is 0 Å². The number of aromatic nitrogens is 3. The van der Waals surface area contributed by atoms with E-state index in [4.69, 9.17) is 9.97 Å². The molecule has 30 heavy (non-hydrogen) atoms. The van der Waals surface area contributed by atoms with Crippen molar-refractivity contribution in [3.8, 4) is 11.3 Å². The number of thiazole rings is 1. The van der Waals surface area contributed by atoms with Gasteiger partial charge in [-0.05, 0) is 48.8 Å². The highest BCUT2D eigenvalue weighted by Crippen LogP contribution is 2.52. The summed E-state index contributed by atoms with van der Waals surface area (Å²) in [6, 6.07) is 17.2. The molecule has 0 bridgehead atoms. The fourth-order valence-corrected chi connectivity index (χ4v) is 5.55. The summed E-state index contributed by atoms with van der Waals surface area (Å²) in [6.07, 6.45) is 7.66. The standard InChI is InChI=1S/C24H23N5S/c1-2-4-16(5-3-1)21-13-25-14-23(28-21)26-12-15-6-7-20-22(8-15)30-24(29-20)27-19-10-17-9-18(17)11-19/h1-8,13-14,17-19H,9-12H2,(H,26,28)(H,27,29). The molecule has 2 atom stereocenters. The Morgan fingerprint density at radius 3 is 2.67 bits per heavy atom. The summed E-state index contributed by atoms with van der Waals surface area (Å²) in [5, 5.41) is 8.13. The second kappa shape index (κ2) is 7.36. The van der Waals surface area contributed by atoms with Crippen LogP contribution in [0.4, 0.5) is 10.9 Å². The van der Waals surface area contributed by atoms with Crippen LogP contribution in [-0.2, 0) is 6.54 Å². The van der Waals surface area contributed by atoms with Gasteiger partial charge in [-0.15, -0.1) is 0 Å². The van der Waals surface area contributed by atoms with Gasteiger partial charge in [0.1, 0.15) is 5.82 Å². The summed E-state index contributed by atoms with van der Waals surface area (Å²) in [4.78, 5) is 13.8. The van der Waals surface area contributed by atoms with E-state index in [0.717, 1.165) is 39.6 Å². The van der Waals surface area contributed by atoms with Crippen molar-refractivity contribution in [1.82, 2.24) is 15.0 Å². The lowest BCUT2D eigenvalue weighted by Crippen LogP contribution is -2.16. The minimum Gasteiger partial charge on any atom is -0.365 e. The summed E-state index contributed by atoms with van der Waals surface area (Å²) in [6.45, 7) is 0.704. The Labute approximate surface area is 179 Å². The molecule has 0 radical (unpaired) electrons. The van der Waals surface area contributed by atoms with Crippen LogP contribution in [0.25, 0.3) is 21.5 Å². The maximum atomic E-state index is 4.79. The Hall–Kier alpha value is -2.99. The number of hydrogen-bond acceptors (Lipinski definition) is 6. The quantitative estimate of drug-likeness (QED) is 0.432. The molecular formula is C24H23N5S. The first kappa shape index (κ1) is 17.8. The summed E-state index contributed by atoms with van der Waals surface area (Å²) in [5.74, 6) is 2.75. The third kappa shape index (κ3) is 3.63. The molecule has 2 aliphatic rings. The number of anilines is 2. The van der Waals surface area contributed by atoms with Crippen molar-refractivity contribution in [3.05, 3.63) is 66.5 Å². The van der Waals surface area contributed by atoms with Crippen LogP contribution < -0.4 is 10.6 Å². The van der Waals surface area contributed by atoms with Crippen molar-refractivity contribution in [3.63, 3.8) is 0 Å². The molecule has 2 aliphatic carbocycles. The van der Waals surface area contributed by atoms with Gasteiger partial charge in [0.15, 0.2) is 5.13 Å². The lowest BCUT2D eigenvalue weighted by atomic mass is 10.2. The number of hydrogen-bond donors (Lipinski definition) is 2. The second-order valence-corrected chi connectivity index (χ2v) is 9.43. The van der Waals surface area contributed by atoms with Gasteiger partial charge in [0, 0.05) is 18.2 Å². The normalized spacial score (nSPS) is 22.1. The minimum atomic E-state index is 0.617. The van der Waals surface area contributed by atoms with Gasteiger partial charge in [0.25, 0.3) is 0 Å². The van der Waals surface area contributed by atoms with Crippen molar-refractivity contribution >= 4 is 32.5 Å². The van der Waals surface area contributed by atoms with Gasteiger partial charge in [-0.1, -0.05) is 47.7 Å². The van der Waals surface area contributed by atoms with Crippen LogP contribution in [0.2, 0.25) is 0 Å². The molecule has 2 unspecified atom stereocenters. The number of nitrogens with zero attached hydrogens (tertiary/aromatic N) is 3. The van der Waals surface area contributed by atoms with Gasteiger partial charge in [-0.25, -0.2) is 9.97 Å². The van der Waals surface area contributed by atoms with Gasteiger partial charge in [-0.3, -0.25) is 4.98 Å². The minimum absolute atomic E-state index is 0.617. The Balaban J connectivity index is 1.14. The van der Waals surface area contributed by atoms with Crippen LogP contribution in [-0.4, -0.2) is 21.0 Å². The zero-order chi connectivity index (χ0) is 19.9. The van der Waals surface area contributed by atoms with Crippen molar-refractivity contribution in [2.24, 2.45) is 11.8 Å². The van der Waals surface area contributed by atoms with E-state index in [-0.39, 0.29) is 0 Å². The van der Waals surface area contributed by atoms with E-state index in [9.17, 15) is 0 Å². The van der Waals surface area contributed by atoms with Gasteiger partial charge >= 0.3 is 0 Å². The summed E-state index contributed by atoms with van der Waals surface area (Å²) in [7, 11) is 0. The predicted molar refractivity (Wildman–Crippen MR) is 123 cm³/mol. The van der Waals surface area contributed by atoms with Crippen LogP contribution in [0.15, 0.2) is 60.9 Å². The Morgan fingerprint density at radius 2 is 1.80 bits per heavy atom. The molecule has 150 valence electrons. The molecule has 5 nitrogen and oxygen atoms in total. The molecule has 0 aliphatic heterocycles. The Morgan fingerprint density at radius 1 is 0.933 bits per heavy atom. The summed E-state index contributed by atoms with van der Waals surface area (Å²) in [5.41, 5.74) is 4.23. The first-order valence-corrected chi connectivity index (χ1v) is 11.4. The average molecular weight is 414 g/mol. The van der Waals surface area contributed by atoms with Gasteiger partial charge in [0.2, 0.25) is 0 Å². The maximum Gasteiger partial charge on any atom is 0.184 e. The molecule has 2 aromatic heterocycles. The molecule has 6 rings (SSSR count). The van der Waals surface area contributed by atoms with Crippen LogP contribution in [0.1, 0.15) is 24.8 Å². The van der Waals surface area contributed by atoms with E-state index in [0.29, 0.717) is 12.6 Å². The van der Waals surface area contributed by atoms with Crippen LogP contribution >= 0.6 is 11.3 Å². The van der Waals surface area contributed by atoms with E-state index >= 15 is 0 Å². The fourth-order valence-electron chi connectivity index (χ4n) is 4.54. The third-order valence-electron chi connectivity index (χ3n) is 6.20. The van der Waals surface area contributed by atoms with E-state index in [1.807, 2.05) is 30.3 Å².